The Kier molecular flexibility index (Phi) is 5.65. The van der Waals surface area contributed by atoms with Gasteiger partial charge in [-0.25, -0.2) is 4.39 Å². The van der Waals surface area contributed by atoms with Gasteiger partial charge in [0.05, 0.1) is 11.1 Å². The zero-order chi connectivity index (χ0) is 11.1. The lowest BCUT2D eigenvalue weighted by molar-refractivity contribution is 0.100. The molecule has 0 saturated heterocycles. The lowest BCUT2D eigenvalue weighted by Crippen LogP contribution is -2.07. The largest absolute Gasteiger partial charge is 0.490 e. The molecule has 0 radical (unpaired) electrons. The molecule has 0 N–H and O–H groups in total. The molecule has 0 atom stereocenters. The lowest BCUT2D eigenvalue weighted by Gasteiger charge is -2.08. The van der Waals surface area contributed by atoms with Crippen molar-refractivity contribution in [1.82, 2.24) is 0 Å². The van der Waals surface area contributed by atoms with E-state index in [-0.39, 0.29) is 5.82 Å². The van der Waals surface area contributed by atoms with E-state index >= 15 is 0 Å². The van der Waals surface area contributed by atoms with Crippen molar-refractivity contribution in [3.8, 4) is 5.75 Å². The van der Waals surface area contributed by atoms with E-state index in [1.165, 1.54) is 12.1 Å². The second-order valence-corrected chi connectivity index (χ2v) is 3.89. The van der Waals surface area contributed by atoms with Crippen molar-refractivity contribution in [1.29, 1.82) is 0 Å². The molecule has 1 aromatic rings. The Morgan fingerprint density at radius 3 is 2.80 bits per heavy atom. The second-order valence-electron chi connectivity index (χ2n) is 3.04. The molecule has 0 aliphatic carbocycles. The van der Waals surface area contributed by atoms with Crippen LogP contribution in [0.2, 0.25) is 0 Å². The van der Waals surface area contributed by atoms with Crippen LogP contribution in [0, 0.1) is 5.82 Å². The lowest BCUT2D eigenvalue weighted by atomic mass is 10.3. The number of hydrogen-bond acceptors (Lipinski definition) is 2. The summed E-state index contributed by atoms with van der Waals surface area (Å²) in [5, 5.41) is 0. The summed E-state index contributed by atoms with van der Waals surface area (Å²) >= 11 is 3.28. The number of ether oxygens (including phenoxy) is 2. The topological polar surface area (TPSA) is 18.5 Å². The Morgan fingerprint density at radius 1 is 1.27 bits per heavy atom. The summed E-state index contributed by atoms with van der Waals surface area (Å²) < 4.78 is 24.2. The zero-order valence-corrected chi connectivity index (χ0v) is 10.2. The van der Waals surface area contributed by atoms with Crippen LogP contribution in [0.5, 0.6) is 5.75 Å². The van der Waals surface area contributed by atoms with Crippen LogP contribution in [-0.4, -0.2) is 19.8 Å². The van der Waals surface area contributed by atoms with Gasteiger partial charge in [-0.2, -0.15) is 0 Å². The molecule has 0 heterocycles. The van der Waals surface area contributed by atoms with Crippen molar-refractivity contribution in [2.75, 3.05) is 19.8 Å². The van der Waals surface area contributed by atoms with Crippen LogP contribution in [0.1, 0.15) is 13.3 Å². The summed E-state index contributed by atoms with van der Waals surface area (Å²) in [5.74, 6) is 0.206. The molecule has 84 valence electrons. The number of hydrogen-bond donors (Lipinski definition) is 0. The van der Waals surface area contributed by atoms with Crippen LogP contribution in [0.25, 0.3) is 0 Å². The second kappa shape index (κ2) is 6.80. The van der Waals surface area contributed by atoms with Crippen molar-refractivity contribution in [2.24, 2.45) is 0 Å². The van der Waals surface area contributed by atoms with Crippen LogP contribution in [0.3, 0.4) is 0 Å². The fourth-order valence-electron chi connectivity index (χ4n) is 1.04. The maximum absolute atomic E-state index is 12.8. The van der Waals surface area contributed by atoms with E-state index in [1.807, 2.05) is 6.92 Å². The zero-order valence-electron chi connectivity index (χ0n) is 8.63. The predicted molar refractivity (Wildman–Crippen MR) is 60.7 cm³/mol. The van der Waals surface area contributed by atoms with Crippen molar-refractivity contribution >= 4 is 15.9 Å². The van der Waals surface area contributed by atoms with Gasteiger partial charge in [0.25, 0.3) is 0 Å². The molecule has 1 aromatic carbocycles. The Labute approximate surface area is 97.5 Å². The summed E-state index contributed by atoms with van der Waals surface area (Å²) in [6.45, 7) is 3.73. The first-order valence-electron chi connectivity index (χ1n) is 4.89. The van der Waals surface area contributed by atoms with Crippen molar-refractivity contribution in [2.45, 2.75) is 13.3 Å². The normalized spacial score (nSPS) is 10.3. The van der Waals surface area contributed by atoms with Crippen LogP contribution < -0.4 is 4.74 Å². The van der Waals surface area contributed by atoms with E-state index in [2.05, 4.69) is 15.9 Å². The molecule has 0 aliphatic heterocycles. The van der Waals surface area contributed by atoms with E-state index in [9.17, 15) is 4.39 Å². The van der Waals surface area contributed by atoms with Gasteiger partial charge in [-0.05, 0) is 34.5 Å². The van der Waals surface area contributed by atoms with Crippen LogP contribution in [0.4, 0.5) is 4.39 Å². The molecule has 4 heteroatoms. The van der Waals surface area contributed by atoms with Gasteiger partial charge in [-0.1, -0.05) is 6.92 Å². The van der Waals surface area contributed by atoms with Gasteiger partial charge in [0.2, 0.25) is 0 Å². The summed E-state index contributed by atoms with van der Waals surface area (Å²) in [4.78, 5) is 0. The van der Waals surface area contributed by atoms with E-state index in [0.717, 1.165) is 17.5 Å². The first-order valence-corrected chi connectivity index (χ1v) is 5.69. The van der Waals surface area contributed by atoms with Crippen molar-refractivity contribution in [3.63, 3.8) is 0 Å². The van der Waals surface area contributed by atoms with Crippen molar-refractivity contribution in [3.05, 3.63) is 28.5 Å². The molecule has 0 spiro atoms. The van der Waals surface area contributed by atoms with Crippen molar-refractivity contribution < 1.29 is 13.9 Å². The fraction of sp³-hybridized carbons (Fsp3) is 0.455. The third-order valence-corrected chi connectivity index (χ3v) is 2.38. The molecule has 1 rings (SSSR count). The Bertz CT molecular complexity index is 305. The highest BCUT2D eigenvalue weighted by Crippen LogP contribution is 2.25. The Hall–Kier alpha value is -0.610. The van der Waals surface area contributed by atoms with Gasteiger partial charge in [0.15, 0.2) is 0 Å². The molecular formula is C11H14BrFO2. The number of benzene rings is 1. The minimum atomic E-state index is -0.303. The van der Waals surface area contributed by atoms with Gasteiger partial charge >= 0.3 is 0 Å². The number of rotatable bonds is 6. The summed E-state index contributed by atoms with van der Waals surface area (Å²) in [5.41, 5.74) is 0. The molecule has 0 saturated carbocycles. The molecular weight excluding hydrogens is 263 g/mol. The minimum Gasteiger partial charge on any atom is -0.490 e. The van der Waals surface area contributed by atoms with Gasteiger partial charge in [0.1, 0.15) is 18.2 Å². The molecule has 0 aliphatic rings. The molecule has 2 nitrogen and oxygen atoms in total. The van der Waals surface area contributed by atoms with Crippen LogP contribution in [-0.2, 0) is 4.74 Å². The fourth-order valence-corrected chi connectivity index (χ4v) is 1.41. The maximum atomic E-state index is 12.8. The van der Waals surface area contributed by atoms with Gasteiger partial charge < -0.3 is 9.47 Å². The Balaban J connectivity index is 2.33. The summed E-state index contributed by atoms with van der Waals surface area (Å²) in [7, 11) is 0. The van der Waals surface area contributed by atoms with Gasteiger partial charge in [0, 0.05) is 12.7 Å². The quantitative estimate of drug-likeness (QED) is 0.742. The molecule has 0 bridgehead atoms. The predicted octanol–water partition coefficient (Wildman–Crippen LogP) is 3.39. The first-order chi connectivity index (χ1) is 7.24. The SMILES string of the molecule is CCCOCCOc1cc(F)ccc1Br. The van der Waals surface area contributed by atoms with Gasteiger partial charge in [-0.3, -0.25) is 0 Å². The van der Waals surface area contributed by atoms with Gasteiger partial charge in [-0.15, -0.1) is 0 Å². The molecule has 15 heavy (non-hydrogen) atoms. The van der Waals surface area contributed by atoms with E-state index in [0.29, 0.717) is 19.0 Å². The highest BCUT2D eigenvalue weighted by atomic mass is 79.9. The third kappa shape index (κ3) is 4.62. The minimum absolute atomic E-state index is 0.303. The molecule has 0 aromatic heterocycles. The Morgan fingerprint density at radius 2 is 2.07 bits per heavy atom. The van der Waals surface area contributed by atoms with E-state index in [1.54, 1.807) is 6.07 Å². The first kappa shape index (κ1) is 12.5. The van der Waals surface area contributed by atoms with Crippen LogP contribution >= 0.6 is 15.9 Å². The highest BCUT2D eigenvalue weighted by molar-refractivity contribution is 9.10. The standard InChI is InChI=1S/C11H14BrFO2/c1-2-5-14-6-7-15-11-8-9(13)3-4-10(11)12/h3-4,8H,2,5-7H2,1H3. The average Bonchev–Trinajstić information content (AvgIpc) is 2.23. The molecule has 0 unspecified atom stereocenters. The monoisotopic (exact) mass is 276 g/mol. The van der Waals surface area contributed by atoms with E-state index < -0.39 is 0 Å². The summed E-state index contributed by atoms with van der Waals surface area (Å²) in [6, 6.07) is 4.35. The highest BCUT2D eigenvalue weighted by Gasteiger charge is 2.02. The molecule has 0 fully saturated rings. The van der Waals surface area contributed by atoms with E-state index in [4.69, 9.17) is 9.47 Å². The molecule has 0 amide bonds. The smallest absolute Gasteiger partial charge is 0.136 e. The average molecular weight is 277 g/mol. The maximum Gasteiger partial charge on any atom is 0.136 e. The number of halogens is 2. The van der Waals surface area contributed by atoms with Crippen LogP contribution in [0.15, 0.2) is 22.7 Å². The summed E-state index contributed by atoms with van der Waals surface area (Å²) in [6.07, 6.45) is 0.990. The third-order valence-electron chi connectivity index (χ3n) is 1.73.